The van der Waals surface area contributed by atoms with Crippen molar-refractivity contribution in [3.8, 4) is 5.75 Å². The Balaban J connectivity index is 1.76. The van der Waals surface area contributed by atoms with Gasteiger partial charge in [-0.25, -0.2) is 0 Å². The number of hydrogen-bond acceptors (Lipinski definition) is 4. The molecule has 0 amide bonds. The van der Waals surface area contributed by atoms with Crippen LogP contribution in [0, 0.1) is 0 Å². The quantitative estimate of drug-likeness (QED) is 0.601. The first kappa shape index (κ1) is 12.6. The zero-order valence-corrected chi connectivity index (χ0v) is 12.0. The van der Waals surface area contributed by atoms with Gasteiger partial charge in [0.1, 0.15) is 5.75 Å². The molecule has 0 saturated carbocycles. The van der Waals surface area contributed by atoms with Crippen LogP contribution in [0.3, 0.4) is 0 Å². The Kier molecular flexibility index (Phi) is 2.89. The number of nitrogens with zero attached hydrogens (tertiary/aromatic N) is 2. The molecule has 0 radical (unpaired) electrons. The van der Waals surface area contributed by atoms with Gasteiger partial charge in [-0.2, -0.15) is 5.10 Å². The number of ether oxygens (including phenoxy) is 1. The summed E-state index contributed by atoms with van der Waals surface area (Å²) in [6, 6.07) is 14.0. The molecule has 0 bridgehead atoms. The number of benzene rings is 2. The number of pyridine rings is 1. The molecule has 2 N–H and O–H groups in total. The topological polar surface area (TPSA) is 62.8 Å². The normalized spacial score (nSPS) is 11.0. The highest BCUT2D eigenvalue weighted by Gasteiger charge is 2.05. The molecule has 0 fully saturated rings. The Morgan fingerprint density at radius 1 is 1.09 bits per heavy atom. The third-order valence-electron chi connectivity index (χ3n) is 3.67. The maximum atomic E-state index is 5.25. The Hall–Kier alpha value is -3.08. The standard InChI is InChI=1S/C17H14N4O/c1-22-13-4-5-14-15(6-7-18-17(14)9-13)20-12-3-2-11-10-19-21-16(11)8-12/h2-10H,1H3,(H,18,20)(H,19,21). The monoisotopic (exact) mass is 290 g/mol. The lowest BCUT2D eigenvalue weighted by atomic mass is 10.1. The van der Waals surface area contributed by atoms with Gasteiger partial charge in [0.15, 0.2) is 0 Å². The molecular weight excluding hydrogens is 276 g/mol. The number of hydrogen-bond donors (Lipinski definition) is 2. The third-order valence-corrected chi connectivity index (χ3v) is 3.67. The number of anilines is 2. The summed E-state index contributed by atoms with van der Waals surface area (Å²) in [5.74, 6) is 0.802. The van der Waals surface area contributed by atoms with Crippen LogP contribution in [0.15, 0.2) is 54.9 Å². The Morgan fingerprint density at radius 3 is 2.95 bits per heavy atom. The highest BCUT2D eigenvalue weighted by molar-refractivity contribution is 5.94. The molecule has 2 heterocycles. The predicted octanol–water partition coefficient (Wildman–Crippen LogP) is 3.86. The van der Waals surface area contributed by atoms with Crippen molar-refractivity contribution in [2.45, 2.75) is 0 Å². The fourth-order valence-electron chi connectivity index (χ4n) is 2.53. The van der Waals surface area contributed by atoms with Crippen molar-refractivity contribution in [1.82, 2.24) is 15.2 Å². The minimum Gasteiger partial charge on any atom is -0.497 e. The van der Waals surface area contributed by atoms with Crippen LogP contribution in [0.25, 0.3) is 21.8 Å². The molecule has 2 aromatic carbocycles. The second-order valence-electron chi connectivity index (χ2n) is 5.04. The van der Waals surface area contributed by atoms with Crippen molar-refractivity contribution in [2.75, 3.05) is 12.4 Å². The third kappa shape index (κ3) is 2.13. The molecule has 0 spiro atoms. The number of H-pyrrole nitrogens is 1. The lowest BCUT2D eigenvalue weighted by molar-refractivity contribution is 0.415. The van der Waals surface area contributed by atoms with Crippen LogP contribution >= 0.6 is 0 Å². The smallest absolute Gasteiger partial charge is 0.121 e. The van der Waals surface area contributed by atoms with Crippen molar-refractivity contribution in [2.24, 2.45) is 0 Å². The van der Waals surface area contributed by atoms with Gasteiger partial charge in [-0.05, 0) is 36.4 Å². The average Bonchev–Trinajstić information content (AvgIpc) is 3.02. The maximum absolute atomic E-state index is 5.25. The van der Waals surface area contributed by atoms with Crippen molar-refractivity contribution < 1.29 is 4.74 Å². The summed E-state index contributed by atoms with van der Waals surface area (Å²) in [4.78, 5) is 4.40. The molecular formula is C17H14N4O. The molecule has 0 aliphatic carbocycles. The largest absolute Gasteiger partial charge is 0.497 e. The zero-order valence-electron chi connectivity index (χ0n) is 12.0. The minimum absolute atomic E-state index is 0.802. The zero-order chi connectivity index (χ0) is 14.9. The van der Waals surface area contributed by atoms with Gasteiger partial charge in [-0.3, -0.25) is 10.1 Å². The molecule has 2 aromatic heterocycles. The van der Waals surface area contributed by atoms with E-state index < -0.39 is 0 Å². The summed E-state index contributed by atoms with van der Waals surface area (Å²) in [7, 11) is 1.66. The van der Waals surface area contributed by atoms with Gasteiger partial charge < -0.3 is 10.1 Å². The second kappa shape index (κ2) is 5.04. The van der Waals surface area contributed by atoms with Gasteiger partial charge in [-0.1, -0.05) is 0 Å². The number of aromatic amines is 1. The molecule has 5 heteroatoms. The average molecular weight is 290 g/mol. The molecule has 0 aliphatic heterocycles. The van der Waals surface area contributed by atoms with Gasteiger partial charge in [0.05, 0.1) is 24.3 Å². The molecule has 108 valence electrons. The van der Waals surface area contributed by atoms with Gasteiger partial charge in [0.2, 0.25) is 0 Å². The minimum atomic E-state index is 0.802. The highest BCUT2D eigenvalue weighted by atomic mass is 16.5. The van der Waals surface area contributed by atoms with Crippen LogP contribution in [0.1, 0.15) is 0 Å². The van der Waals surface area contributed by atoms with E-state index in [1.54, 1.807) is 13.3 Å². The summed E-state index contributed by atoms with van der Waals surface area (Å²) in [5.41, 5.74) is 3.91. The molecule has 0 saturated heterocycles. The van der Waals surface area contributed by atoms with Crippen molar-refractivity contribution >= 4 is 33.2 Å². The molecule has 4 rings (SSSR count). The summed E-state index contributed by atoms with van der Waals surface area (Å²) < 4.78 is 5.25. The Morgan fingerprint density at radius 2 is 2.05 bits per heavy atom. The van der Waals surface area contributed by atoms with Gasteiger partial charge in [-0.15, -0.1) is 0 Å². The first-order chi connectivity index (χ1) is 10.8. The van der Waals surface area contributed by atoms with Gasteiger partial charge >= 0.3 is 0 Å². The molecule has 4 aromatic rings. The fourth-order valence-corrected chi connectivity index (χ4v) is 2.53. The van der Waals surface area contributed by atoms with E-state index in [0.29, 0.717) is 0 Å². The van der Waals surface area contributed by atoms with Crippen LogP contribution < -0.4 is 10.1 Å². The van der Waals surface area contributed by atoms with Gasteiger partial charge in [0.25, 0.3) is 0 Å². The number of rotatable bonds is 3. The van der Waals surface area contributed by atoms with Gasteiger partial charge in [0, 0.05) is 34.4 Å². The Labute approximate surface area is 126 Å². The number of aromatic nitrogens is 3. The van der Waals surface area contributed by atoms with E-state index in [9.17, 15) is 0 Å². The molecule has 5 nitrogen and oxygen atoms in total. The van der Waals surface area contributed by atoms with E-state index in [-0.39, 0.29) is 0 Å². The van der Waals surface area contributed by atoms with Crippen molar-refractivity contribution in [1.29, 1.82) is 0 Å². The summed E-state index contributed by atoms with van der Waals surface area (Å²) in [5, 5.41) is 12.6. The number of fused-ring (bicyclic) bond motifs is 2. The van der Waals surface area contributed by atoms with E-state index >= 15 is 0 Å². The predicted molar refractivity (Wildman–Crippen MR) is 87.7 cm³/mol. The number of methoxy groups -OCH3 is 1. The first-order valence-corrected chi connectivity index (χ1v) is 6.96. The Bertz CT molecular complexity index is 961. The first-order valence-electron chi connectivity index (χ1n) is 6.96. The van der Waals surface area contributed by atoms with E-state index in [2.05, 4.69) is 20.5 Å². The van der Waals surface area contributed by atoms with Crippen LogP contribution in [-0.2, 0) is 0 Å². The molecule has 22 heavy (non-hydrogen) atoms. The SMILES string of the molecule is COc1ccc2c(Nc3ccc4cn[nH]c4c3)ccnc2c1. The lowest BCUT2D eigenvalue weighted by Crippen LogP contribution is -1.93. The van der Waals surface area contributed by atoms with Crippen molar-refractivity contribution in [3.63, 3.8) is 0 Å². The van der Waals surface area contributed by atoms with Crippen LogP contribution in [0.2, 0.25) is 0 Å². The fraction of sp³-hybridized carbons (Fsp3) is 0.0588. The van der Waals surface area contributed by atoms with Crippen LogP contribution in [0.5, 0.6) is 5.75 Å². The lowest BCUT2D eigenvalue weighted by Gasteiger charge is -2.10. The van der Waals surface area contributed by atoms with E-state index in [1.165, 1.54) is 0 Å². The van der Waals surface area contributed by atoms with E-state index in [4.69, 9.17) is 4.74 Å². The van der Waals surface area contributed by atoms with Crippen LogP contribution in [-0.4, -0.2) is 22.3 Å². The molecule has 0 aliphatic rings. The highest BCUT2D eigenvalue weighted by Crippen LogP contribution is 2.28. The number of nitrogens with one attached hydrogen (secondary N) is 2. The van der Waals surface area contributed by atoms with E-state index in [1.807, 2.05) is 48.7 Å². The van der Waals surface area contributed by atoms with Crippen molar-refractivity contribution in [3.05, 3.63) is 54.9 Å². The molecule has 0 atom stereocenters. The molecule has 0 unspecified atom stereocenters. The van der Waals surface area contributed by atoms with Crippen LogP contribution in [0.4, 0.5) is 11.4 Å². The summed E-state index contributed by atoms with van der Waals surface area (Å²) >= 11 is 0. The maximum Gasteiger partial charge on any atom is 0.121 e. The summed E-state index contributed by atoms with van der Waals surface area (Å²) in [6.07, 6.45) is 3.60. The van der Waals surface area contributed by atoms with E-state index in [0.717, 1.165) is 38.9 Å². The second-order valence-corrected chi connectivity index (χ2v) is 5.04. The summed E-state index contributed by atoms with van der Waals surface area (Å²) in [6.45, 7) is 0.